The van der Waals surface area contributed by atoms with Crippen molar-refractivity contribution in [2.45, 2.75) is 30.1 Å². The molecule has 0 N–H and O–H groups in total. The van der Waals surface area contributed by atoms with Gasteiger partial charge in [0.05, 0.1) is 5.92 Å². The van der Waals surface area contributed by atoms with Gasteiger partial charge in [-0.25, -0.2) is 8.42 Å². The number of benzene rings is 2. The van der Waals surface area contributed by atoms with Crippen LogP contribution in [0.2, 0.25) is 0 Å². The largest absolute Gasteiger partial charge is 0.455 e. The highest BCUT2D eigenvalue weighted by atomic mass is 32.2. The van der Waals surface area contributed by atoms with E-state index in [9.17, 15) is 18.0 Å². The number of ether oxygens (including phenoxy) is 1. The lowest BCUT2D eigenvalue weighted by Crippen LogP contribution is -2.41. The molecule has 1 saturated heterocycles. The molecule has 1 aliphatic heterocycles. The highest BCUT2D eigenvalue weighted by Crippen LogP contribution is 2.27. The number of carbonyl (C=O) groups is 2. The van der Waals surface area contributed by atoms with Crippen molar-refractivity contribution in [1.82, 2.24) is 9.21 Å². The van der Waals surface area contributed by atoms with Crippen LogP contribution in [0.5, 0.6) is 0 Å². The molecule has 0 radical (unpaired) electrons. The third-order valence-corrected chi connectivity index (χ3v) is 9.27. The molecule has 2 aromatic carbocycles. The van der Waals surface area contributed by atoms with E-state index in [2.05, 4.69) is 0 Å². The molecule has 0 atom stereocenters. The van der Waals surface area contributed by atoms with Gasteiger partial charge in [0, 0.05) is 26.2 Å². The predicted octanol–water partition coefficient (Wildman–Crippen LogP) is 3.92. The summed E-state index contributed by atoms with van der Waals surface area (Å²) in [4.78, 5) is 27.4. The van der Waals surface area contributed by atoms with Crippen molar-refractivity contribution in [2.24, 2.45) is 5.92 Å². The number of hydrogen-bond donors (Lipinski definition) is 0. The normalized spacial score (nSPS) is 15.0. The van der Waals surface area contributed by atoms with Crippen LogP contribution < -0.4 is 0 Å². The molecular weight excluding hydrogens is 484 g/mol. The van der Waals surface area contributed by atoms with Crippen molar-refractivity contribution in [3.63, 3.8) is 0 Å². The summed E-state index contributed by atoms with van der Waals surface area (Å²) in [6.45, 7) is 0.979. The summed E-state index contributed by atoms with van der Waals surface area (Å²) < 4.78 is 32.5. The van der Waals surface area contributed by atoms with Crippen molar-refractivity contribution < 1.29 is 22.7 Å². The Morgan fingerprint density at radius 2 is 1.46 bits per heavy atom. The van der Waals surface area contributed by atoms with Crippen LogP contribution in [-0.4, -0.2) is 49.2 Å². The lowest BCUT2D eigenvalue weighted by Gasteiger charge is -2.30. The van der Waals surface area contributed by atoms with E-state index in [1.165, 1.54) is 15.6 Å². The second-order valence-electron chi connectivity index (χ2n) is 8.44. The predicted molar refractivity (Wildman–Crippen MR) is 134 cm³/mol. The minimum Gasteiger partial charge on any atom is -0.455 e. The number of nitrogens with zero attached hydrogens (tertiary/aromatic N) is 2. The van der Waals surface area contributed by atoms with E-state index in [1.54, 1.807) is 22.4 Å². The van der Waals surface area contributed by atoms with Gasteiger partial charge >= 0.3 is 5.97 Å². The Kier molecular flexibility index (Phi) is 8.33. The molecule has 184 valence electrons. The van der Waals surface area contributed by atoms with Gasteiger partial charge in [0.15, 0.2) is 6.61 Å². The van der Waals surface area contributed by atoms with Crippen LogP contribution in [0.4, 0.5) is 0 Å². The highest BCUT2D eigenvalue weighted by Gasteiger charge is 2.33. The molecule has 35 heavy (non-hydrogen) atoms. The van der Waals surface area contributed by atoms with Gasteiger partial charge in [-0.1, -0.05) is 66.7 Å². The first-order valence-corrected chi connectivity index (χ1v) is 13.8. The molecule has 1 aromatic heterocycles. The Morgan fingerprint density at radius 1 is 0.886 bits per heavy atom. The molecule has 0 bridgehead atoms. The van der Waals surface area contributed by atoms with Crippen molar-refractivity contribution in [2.75, 3.05) is 19.7 Å². The zero-order chi connectivity index (χ0) is 24.7. The number of carbonyl (C=O) groups excluding carboxylic acids is 2. The fraction of sp³-hybridized carbons (Fsp3) is 0.308. The number of hydrogen-bond acceptors (Lipinski definition) is 6. The topological polar surface area (TPSA) is 84.0 Å². The van der Waals surface area contributed by atoms with Crippen LogP contribution in [0, 0.1) is 5.92 Å². The Morgan fingerprint density at radius 3 is 1.97 bits per heavy atom. The van der Waals surface area contributed by atoms with Crippen molar-refractivity contribution in [3.05, 3.63) is 89.3 Å². The summed E-state index contributed by atoms with van der Waals surface area (Å²) in [6, 6.07) is 22.6. The first-order valence-electron chi connectivity index (χ1n) is 11.5. The number of thiophene rings is 1. The zero-order valence-electron chi connectivity index (χ0n) is 19.3. The zero-order valence-corrected chi connectivity index (χ0v) is 20.9. The maximum Gasteiger partial charge on any atom is 0.309 e. The summed E-state index contributed by atoms with van der Waals surface area (Å²) in [6.07, 6.45) is 0.741. The molecule has 0 unspecified atom stereocenters. The number of esters is 1. The van der Waals surface area contributed by atoms with Crippen molar-refractivity contribution in [1.29, 1.82) is 0 Å². The summed E-state index contributed by atoms with van der Waals surface area (Å²) in [5.41, 5.74) is 1.98. The first-order chi connectivity index (χ1) is 16.9. The van der Waals surface area contributed by atoms with Gasteiger partial charge in [-0.15, -0.1) is 11.3 Å². The van der Waals surface area contributed by atoms with Gasteiger partial charge in [-0.3, -0.25) is 9.59 Å². The van der Waals surface area contributed by atoms with E-state index in [0.29, 0.717) is 30.1 Å². The summed E-state index contributed by atoms with van der Waals surface area (Å²) in [7, 11) is -3.53. The van der Waals surface area contributed by atoms with Gasteiger partial charge in [-0.05, 0) is 35.4 Å². The lowest BCUT2D eigenvalue weighted by atomic mass is 9.98. The molecule has 1 fully saturated rings. The van der Waals surface area contributed by atoms with E-state index in [4.69, 9.17) is 4.74 Å². The van der Waals surface area contributed by atoms with E-state index in [1.807, 2.05) is 60.7 Å². The standard InChI is InChI=1S/C26H28N2O5S2/c29-24(27(18-21-8-3-1-4-9-21)19-22-10-5-2-6-11-22)20-33-26(30)23-13-15-28(16-14-23)35(31,32)25-12-7-17-34-25/h1-12,17,23H,13-16,18-20H2. The summed E-state index contributed by atoms with van der Waals surface area (Å²) in [5, 5.41) is 1.73. The Labute approximate surface area is 210 Å². The van der Waals surface area contributed by atoms with Gasteiger partial charge in [0.1, 0.15) is 4.21 Å². The molecule has 0 saturated carbocycles. The first kappa shape index (κ1) is 25.1. The second-order valence-corrected chi connectivity index (χ2v) is 11.6. The maximum absolute atomic E-state index is 13.0. The van der Waals surface area contributed by atoms with Gasteiger partial charge in [0.2, 0.25) is 0 Å². The molecule has 1 aliphatic rings. The van der Waals surface area contributed by atoms with E-state index < -0.39 is 21.9 Å². The fourth-order valence-electron chi connectivity index (χ4n) is 4.05. The van der Waals surface area contributed by atoms with Crippen molar-refractivity contribution in [3.8, 4) is 0 Å². The van der Waals surface area contributed by atoms with Crippen LogP contribution in [0.1, 0.15) is 24.0 Å². The molecule has 4 rings (SSSR count). The molecular formula is C26H28N2O5S2. The number of amides is 1. The monoisotopic (exact) mass is 512 g/mol. The SMILES string of the molecule is O=C(OCC(=O)N(Cc1ccccc1)Cc1ccccc1)C1CCN(S(=O)(=O)c2cccs2)CC1. The average Bonchev–Trinajstić information content (AvgIpc) is 3.44. The Hall–Kier alpha value is -3.01. The summed E-state index contributed by atoms with van der Waals surface area (Å²) >= 11 is 1.18. The number of piperidine rings is 1. The van der Waals surface area contributed by atoms with E-state index in [-0.39, 0.29) is 25.6 Å². The summed E-state index contributed by atoms with van der Waals surface area (Å²) in [5.74, 6) is -1.15. The van der Waals surface area contributed by atoms with Crippen LogP contribution in [0.3, 0.4) is 0 Å². The average molecular weight is 513 g/mol. The second kappa shape index (κ2) is 11.6. The molecule has 9 heteroatoms. The number of sulfonamides is 1. The van der Waals surface area contributed by atoms with Crippen LogP contribution in [0.25, 0.3) is 0 Å². The molecule has 2 heterocycles. The minimum absolute atomic E-state index is 0.252. The van der Waals surface area contributed by atoms with Crippen LogP contribution in [0.15, 0.2) is 82.4 Å². The van der Waals surface area contributed by atoms with Gasteiger partial charge in [0.25, 0.3) is 15.9 Å². The smallest absolute Gasteiger partial charge is 0.309 e. The van der Waals surface area contributed by atoms with Crippen LogP contribution >= 0.6 is 11.3 Å². The van der Waals surface area contributed by atoms with E-state index in [0.717, 1.165) is 11.1 Å². The third-order valence-electron chi connectivity index (χ3n) is 6.00. The van der Waals surface area contributed by atoms with Crippen LogP contribution in [-0.2, 0) is 37.4 Å². The molecule has 0 spiro atoms. The lowest BCUT2D eigenvalue weighted by molar-refractivity contribution is -0.157. The van der Waals surface area contributed by atoms with E-state index >= 15 is 0 Å². The van der Waals surface area contributed by atoms with Gasteiger partial charge in [-0.2, -0.15) is 4.31 Å². The molecule has 0 aliphatic carbocycles. The molecule has 3 aromatic rings. The Bertz CT molecular complexity index is 1170. The third kappa shape index (κ3) is 6.56. The Balaban J connectivity index is 1.32. The fourth-order valence-corrected chi connectivity index (χ4v) is 6.67. The quantitative estimate of drug-likeness (QED) is 0.406. The maximum atomic E-state index is 13.0. The number of rotatable bonds is 9. The van der Waals surface area contributed by atoms with Crippen molar-refractivity contribution >= 4 is 33.2 Å². The minimum atomic E-state index is -3.53. The van der Waals surface area contributed by atoms with Gasteiger partial charge < -0.3 is 9.64 Å². The molecule has 1 amide bonds. The molecule has 7 nitrogen and oxygen atoms in total. The highest BCUT2D eigenvalue weighted by molar-refractivity contribution is 7.91.